The molecule has 132 valence electrons. The second kappa shape index (κ2) is 7.04. The smallest absolute Gasteiger partial charge is 0.315 e. The number of rotatable bonds is 4. The standard InChI is InChI=1S/C20H22ClNO3/c1-12(2)25-20(24)16-5-4-10-22-17(16)11-13(3)18(22)19(23)14-6-8-15(21)9-7-14/h6-9,11-12,16H,4-5,10H2,1-3H3. The third-order valence-corrected chi connectivity index (χ3v) is 4.76. The summed E-state index contributed by atoms with van der Waals surface area (Å²) in [5.41, 5.74) is 3.02. The van der Waals surface area contributed by atoms with Crippen molar-refractivity contribution in [2.24, 2.45) is 0 Å². The molecule has 1 atom stereocenters. The number of ether oxygens (including phenoxy) is 1. The van der Waals surface area contributed by atoms with Crippen LogP contribution >= 0.6 is 11.6 Å². The number of fused-ring (bicyclic) bond motifs is 1. The van der Waals surface area contributed by atoms with Crippen LogP contribution in [-0.2, 0) is 16.1 Å². The Hall–Kier alpha value is -2.07. The summed E-state index contributed by atoms with van der Waals surface area (Å²) < 4.78 is 7.39. The van der Waals surface area contributed by atoms with E-state index in [0.717, 1.165) is 30.6 Å². The minimum Gasteiger partial charge on any atom is -0.462 e. The van der Waals surface area contributed by atoms with Gasteiger partial charge in [-0.3, -0.25) is 9.59 Å². The number of ketones is 1. The Morgan fingerprint density at radius 2 is 1.92 bits per heavy atom. The first kappa shape index (κ1) is 17.7. The van der Waals surface area contributed by atoms with Crippen molar-refractivity contribution in [2.75, 3.05) is 0 Å². The molecule has 0 amide bonds. The summed E-state index contributed by atoms with van der Waals surface area (Å²) in [5, 5.41) is 0.599. The average molecular weight is 360 g/mol. The first-order valence-electron chi connectivity index (χ1n) is 8.59. The molecule has 5 heteroatoms. The van der Waals surface area contributed by atoms with Gasteiger partial charge in [-0.15, -0.1) is 0 Å². The lowest BCUT2D eigenvalue weighted by atomic mass is 9.96. The van der Waals surface area contributed by atoms with E-state index in [0.29, 0.717) is 16.3 Å². The van der Waals surface area contributed by atoms with Crippen LogP contribution in [0.5, 0.6) is 0 Å². The molecule has 0 saturated carbocycles. The minimum absolute atomic E-state index is 0.0432. The Kier molecular flexibility index (Phi) is 5.00. The molecule has 1 aromatic carbocycles. The Labute approximate surface area is 152 Å². The highest BCUT2D eigenvalue weighted by Gasteiger charge is 2.32. The molecule has 1 aliphatic heterocycles. The predicted octanol–water partition coefficient (Wildman–Crippen LogP) is 4.51. The van der Waals surface area contributed by atoms with E-state index >= 15 is 0 Å². The van der Waals surface area contributed by atoms with Crippen molar-refractivity contribution < 1.29 is 14.3 Å². The largest absolute Gasteiger partial charge is 0.462 e. The lowest BCUT2D eigenvalue weighted by Crippen LogP contribution is -2.27. The zero-order valence-corrected chi connectivity index (χ0v) is 15.5. The van der Waals surface area contributed by atoms with Gasteiger partial charge in [-0.05, 0) is 69.5 Å². The number of aryl methyl sites for hydroxylation is 1. The van der Waals surface area contributed by atoms with Crippen LogP contribution < -0.4 is 0 Å². The summed E-state index contributed by atoms with van der Waals surface area (Å²) in [6.07, 6.45) is 1.46. The van der Waals surface area contributed by atoms with Gasteiger partial charge < -0.3 is 9.30 Å². The molecule has 25 heavy (non-hydrogen) atoms. The third kappa shape index (κ3) is 3.49. The fraction of sp³-hybridized carbons (Fsp3) is 0.400. The molecule has 0 bridgehead atoms. The van der Waals surface area contributed by atoms with E-state index in [2.05, 4.69) is 0 Å². The van der Waals surface area contributed by atoms with Gasteiger partial charge in [-0.25, -0.2) is 0 Å². The number of carbonyl (C=O) groups excluding carboxylic acids is 2. The lowest BCUT2D eigenvalue weighted by Gasteiger charge is -2.25. The van der Waals surface area contributed by atoms with Crippen molar-refractivity contribution in [1.82, 2.24) is 4.57 Å². The Balaban J connectivity index is 1.98. The summed E-state index contributed by atoms with van der Waals surface area (Å²) in [5.74, 6) is -0.557. The van der Waals surface area contributed by atoms with Gasteiger partial charge in [0.05, 0.1) is 17.7 Å². The molecule has 0 saturated heterocycles. The van der Waals surface area contributed by atoms with Crippen molar-refractivity contribution in [3.63, 3.8) is 0 Å². The molecule has 1 unspecified atom stereocenters. The first-order chi connectivity index (χ1) is 11.9. The Morgan fingerprint density at radius 3 is 2.56 bits per heavy atom. The molecule has 0 radical (unpaired) electrons. The summed E-state index contributed by atoms with van der Waals surface area (Å²) in [6.45, 7) is 6.35. The second-order valence-electron chi connectivity index (χ2n) is 6.77. The first-order valence-corrected chi connectivity index (χ1v) is 8.97. The quantitative estimate of drug-likeness (QED) is 0.596. The van der Waals surface area contributed by atoms with Gasteiger partial charge in [0.25, 0.3) is 0 Å². The maximum atomic E-state index is 13.0. The number of esters is 1. The summed E-state index contributed by atoms with van der Waals surface area (Å²) in [6, 6.07) is 8.85. The van der Waals surface area contributed by atoms with Crippen LogP contribution in [-0.4, -0.2) is 22.4 Å². The molecule has 1 aromatic heterocycles. The predicted molar refractivity (Wildman–Crippen MR) is 97.3 cm³/mol. The third-order valence-electron chi connectivity index (χ3n) is 4.51. The van der Waals surface area contributed by atoms with Crippen molar-refractivity contribution in [3.05, 3.63) is 57.9 Å². The highest BCUT2D eigenvalue weighted by atomic mass is 35.5. The van der Waals surface area contributed by atoms with Gasteiger partial charge in [-0.1, -0.05) is 11.6 Å². The van der Waals surface area contributed by atoms with E-state index < -0.39 is 0 Å². The van der Waals surface area contributed by atoms with Gasteiger partial charge in [0.1, 0.15) is 0 Å². The van der Waals surface area contributed by atoms with E-state index in [1.54, 1.807) is 24.3 Å². The monoisotopic (exact) mass is 359 g/mol. The minimum atomic E-state index is -0.304. The van der Waals surface area contributed by atoms with Gasteiger partial charge in [0, 0.05) is 22.8 Å². The van der Waals surface area contributed by atoms with Gasteiger partial charge >= 0.3 is 5.97 Å². The van der Waals surface area contributed by atoms with Crippen LogP contribution in [0.15, 0.2) is 30.3 Å². The van der Waals surface area contributed by atoms with Crippen LogP contribution in [0.2, 0.25) is 5.02 Å². The molecule has 1 aliphatic rings. The number of hydrogen-bond acceptors (Lipinski definition) is 3. The number of hydrogen-bond donors (Lipinski definition) is 0. The normalized spacial score (nSPS) is 16.6. The molecule has 4 nitrogen and oxygen atoms in total. The summed E-state index contributed by atoms with van der Waals surface area (Å²) in [7, 11) is 0. The highest BCUT2D eigenvalue weighted by molar-refractivity contribution is 6.30. The average Bonchev–Trinajstić information content (AvgIpc) is 2.89. The van der Waals surface area contributed by atoms with Gasteiger partial charge in [-0.2, -0.15) is 0 Å². The van der Waals surface area contributed by atoms with E-state index in [1.807, 2.05) is 31.4 Å². The maximum absolute atomic E-state index is 13.0. The molecular weight excluding hydrogens is 338 g/mol. The van der Waals surface area contributed by atoms with E-state index in [4.69, 9.17) is 16.3 Å². The van der Waals surface area contributed by atoms with Crippen LogP contribution in [0.4, 0.5) is 0 Å². The molecule has 2 heterocycles. The van der Waals surface area contributed by atoms with Crippen LogP contribution in [0.1, 0.15) is 59.9 Å². The Bertz CT molecular complexity index is 805. The summed E-state index contributed by atoms with van der Waals surface area (Å²) in [4.78, 5) is 25.4. The SMILES string of the molecule is Cc1cc2n(c1C(=O)c1ccc(Cl)cc1)CCCC2C(=O)OC(C)C. The zero-order valence-electron chi connectivity index (χ0n) is 14.7. The number of nitrogens with zero attached hydrogens (tertiary/aromatic N) is 1. The fourth-order valence-corrected chi connectivity index (χ4v) is 3.56. The van der Waals surface area contributed by atoms with Crippen LogP contribution in [0.25, 0.3) is 0 Å². The van der Waals surface area contributed by atoms with Crippen LogP contribution in [0, 0.1) is 6.92 Å². The number of halogens is 1. The van der Waals surface area contributed by atoms with Crippen molar-refractivity contribution in [3.8, 4) is 0 Å². The summed E-state index contributed by atoms with van der Waals surface area (Å²) >= 11 is 5.92. The molecule has 2 aromatic rings. The zero-order chi connectivity index (χ0) is 18.1. The molecule has 0 N–H and O–H groups in total. The van der Waals surface area contributed by atoms with Gasteiger partial charge in [0.2, 0.25) is 5.78 Å². The van der Waals surface area contributed by atoms with Crippen molar-refractivity contribution >= 4 is 23.4 Å². The molecule has 0 fully saturated rings. The molecular formula is C20H22ClNO3. The molecule has 3 rings (SSSR count). The van der Waals surface area contributed by atoms with E-state index in [9.17, 15) is 9.59 Å². The van der Waals surface area contributed by atoms with Crippen molar-refractivity contribution in [1.29, 1.82) is 0 Å². The van der Waals surface area contributed by atoms with Crippen LogP contribution in [0.3, 0.4) is 0 Å². The number of aromatic nitrogens is 1. The lowest BCUT2D eigenvalue weighted by molar-refractivity contribution is -0.149. The van der Waals surface area contributed by atoms with E-state index in [1.165, 1.54) is 0 Å². The second-order valence-corrected chi connectivity index (χ2v) is 7.21. The van der Waals surface area contributed by atoms with Crippen molar-refractivity contribution in [2.45, 2.75) is 52.2 Å². The molecule has 0 spiro atoms. The number of carbonyl (C=O) groups is 2. The van der Waals surface area contributed by atoms with Gasteiger partial charge in [0.15, 0.2) is 0 Å². The van der Waals surface area contributed by atoms with E-state index in [-0.39, 0.29) is 23.8 Å². The fourth-order valence-electron chi connectivity index (χ4n) is 3.43. The number of benzene rings is 1. The Morgan fingerprint density at radius 1 is 1.24 bits per heavy atom. The highest BCUT2D eigenvalue weighted by Crippen LogP contribution is 2.33. The topological polar surface area (TPSA) is 48.3 Å². The molecule has 0 aliphatic carbocycles. The maximum Gasteiger partial charge on any atom is 0.315 e.